The van der Waals surface area contributed by atoms with Crippen molar-refractivity contribution in [3.63, 3.8) is 0 Å². The van der Waals surface area contributed by atoms with Gasteiger partial charge in [-0.2, -0.15) is 0 Å². The Morgan fingerprint density at radius 1 is 0.739 bits per heavy atom. The lowest BCUT2D eigenvalue weighted by atomic mass is 9.95. The van der Waals surface area contributed by atoms with E-state index in [1.165, 1.54) is 64.2 Å². The van der Waals surface area contributed by atoms with Gasteiger partial charge < -0.3 is 10.8 Å². The zero-order valence-electron chi connectivity index (χ0n) is 15.9. The molecule has 3 heteroatoms. The molecule has 2 atom stereocenters. The Morgan fingerprint density at radius 2 is 1.09 bits per heavy atom. The van der Waals surface area contributed by atoms with Crippen molar-refractivity contribution in [2.24, 2.45) is 17.6 Å². The zero-order valence-corrected chi connectivity index (χ0v) is 15.9. The molecule has 138 valence electrons. The van der Waals surface area contributed by atoms with Crippen LogP contribution in [0.5, 0.6) is 0 Å². The van der Waals surface area contributed by atoms with E-state index in [9.17, 15) is 9.90 Å². The average molecular weight is 328 g/mol. The number of hydrogen-bond donors (Lipinski definition) is 2. The first kappa shape index (κ1) is 22.4. The smallest absolute Gasteiger partial charge is 0.223 e. The summed E-state index contributed by atoms with van der Waals surface area (Å²) in [5.41, 5.74) is 5.29. The molecule has 0 aromatic rings. The summed E-state index contributed by atoms with van der Waals surface area (Å²) in [4.78, 5) is 11.2. The van der Waals surface area contributed by atoms with E-state index < -0.39 is 6.10 Å². The molecule has 0 radical (unpaired) electrons. The van der Waals surface area contributed by atoms with Crippen molar-refractivity contribution < 1.29 is 9.90 Å². The summed E-state index contributed by atoms with van der Waals surface area (Å²) in [6.45, 7) is 6.26. The van der Waals surface area contributed by atoms with Gasteiger partial charge in [0.25, 0.3) is 0 Å². The molecule has 0 bridgehead atoms. The van der Waals surface area contributed by atoms with Crippen molar-refractivity contribution in [1.29, 1.82) is 0 Å². The number of primary amides is 1. The highest BCUT2D eigenvalue weighted by atomic mass is 16.3. The Balaban J connectivity index is 3.26. The van der Waals surface area contributed by atoms with Gasteiger partial charge in [-0.15, -0.1) is 0 Å². The number of rotatable bonds is 16. The number of hydrogen-bond acceptors (Lipinski definition) is 2. The van der Waals surface area contributed by atoms with Crippen molar-refractivity contribution in [2.75, 3.05) is 0 Å². The third-order valence-electron chi connectivity index (χ3n) is 4.74. The first-order valence-corrected chi connectivity index (χ1v) is 9.92. The third kappa shape index (κ3) is 14.7. The second-order valence-corrected chi connectivity index (χ2v) is 7.61. The van der Waals surface area contributed by atoms with E-state index in [0.717, 1.165) is 25.2 Å². The van der Waals surface area contributed by atoms with E-state index >= 15 is 0 Å². The van der Waals surface area contributed by atoms with Crippen LogP contribution in [0.2, 0.25) is 0 Å². The van der Waals surface area contributed by atoms with Crippen LogP contribution in [0, 0.1) is 11.8 Å². The number of carbonyl (C=O) groups is 1. The SMILES string of the molecule is CC(C)CCCCCCCCCCCCCC(C(N)=O)C(C)O. The minimum Gasteiger partial charge on any atom is -0.393 e. The summed E-state index contributed by atoms with van der Waals surface area (Å²) in [5, 5.41) is 9.49. The van der Waals surface area contributed by atoms with Gasteiger partial charge in [0.05, 0.1) is 12.0 Å². The summed E-state index contributed by atoms with van der Waals surface area (Å²) in [6, 6.07) is 0. The fraction of sp³-hybridized carbons (Fsp3) is 0.950. The maximum Gasteiger partial charge on any atom is 0.223 e. The summed E-state index contributed by atoms with van der Waals surface area (Å²) in [6.07, 6.45) is 15.8. The molecule has 0 spiro atoms. The number of amides is 1. The molecule has 1 amide bonds. The van der Waals surface area contributed by atoms with Crippen LogP contribution in [0.1, 0.15) is 104 Å². The lowest BCUT2D eigenvalue weighted by molar-refractivity contribution is -0.125. The highest BCUT2D eigenvalue weighted by molar-refractivity contribution is 5.77. The van der Waals surface area contributed by atoms with Crippen molar-refractivity contribution >= 4 is 5.91 Å². The normalized spacial score (nSPS) is 14.1. The molecule has 0 heterocycles. The van der Waals surface area contributed by atoms with E-state index in [1.54, 1.807) is 6.92 Å². The largest absolute Gasteiger partial charge is 0.393 e. The van der Waals surface area contributed by atoms with Gasteiger partial charge in [0.1, 0.15) is 0 Å². The van der Waals surface area contributed by atoms with Gasteiger partial charge in [-0.25, -0.2) is 0 Å². The Kier molecular flexibility index (Phi) is 14.6. The molecule has 0 saturated carbocycles. The number of aliphatic hydroxyl groups is 1. The van der Waals surface area contributed by atoms with E-state index in [2.05, 4.69) is 13.8 Å². The monoisotopic (exact) mass is 327 g/mol. The quantitative estimate of drug-likeness (QED) is 0.383. The molecule has 0 aliphatic rings. The van der Waals surface area contributed by atoms with Gasteiger partial charge in [0.15, 0.2) is 0 Å². The van der Waals surface area contributed by atoms with Gasteiger partial charge in [-0.05, 0) is 19.3 Å². The number of nitrogens with two attached hydrogens (primary N) is 1. The van der Waals surface area contributed by atoms with E-state index in [-0.39, 0.29) is 11.8 Å². The van der Waals surface area contributed by atoms with Gasteiger partial charge in [-0.1, -0.05) is 90.9 Å². The molecule has 0 rings (SSSR count). The second-order valence-electron chi connectivity index (χ2n) is 7.61. The second kappa shape index (κ2) is 15.0. The van der Waals surface area contributed by atoms with Crippen LogP contribution in [0.15, 0.2) is 0 Å². The van der Waals surface area contributed by atoms with Crippen molar-refractivity contribution in [3.8, 4) is 0 Å². The van der Waals surface area contributed by atoms with E-state index in [0.29, 0.717) is 0 Å². The highest BCUT2D eigenvalue weighted by Crippen LogP contribution is 2.16. The molecule has 3 N–H and O–H groups in total. The lowest BCUT2D eigenvalue weighted by Crippen LogP contribution is -2.31. The fourth-order valence-corrected chi connectivity index (χ4v) is 3.13. The van der Waals surface area contributed by atoms with Crippen molar-refractivity contribution in [2.45, 2.75) is 110 Å². The predicted molar refractivity (Wildman–Crippen MR) is 99.2 cm³/mol. The molecule has 0 aromatic heterocycles. The standard InChI is InChI=1S/C20H41NO2/c1-17(2)15-13-11-9-7-5-4-6-8-10-12-14-16-19(18(3)22)20(21)23/h17-19,22H,4-16H2,1-3H3,(H2,21,23). The van der Waals surface area contributed by atoms with Crippen LogP contribution < -0.4 is 5.73 Å². The van der Waals surface area contributed by atoms with Gasteiger partial charge in [0, 0.05) is 0 Å². The molecule has 0 fully saturated rings. The molecule has 0 aliphatic carbocycles. The summed E-state index contributed by atoms with van der Waals surface area (Å²) in [7, 11) is 0. The highest BCUT2D eigenvalue weighted by Gasteiger charge is 2.19. The first-order chi connectivity index (χ1) is 10.9. The fourth-order valence-electron chi connectivity index (χ4n) is 3.13. The summed E-state index contributed by atoms with van der Waals surface area (Å²) >= 11 is 0. The van der Waals surface area contributed by atoms with Gasteiger partial charge >= 0.3 is 0 Å². The van der Waals surface area contributed by atoms with Crippen molar-refractivity contribution in [1.82, 2.24) is 0 Å². The molecule has 23 heavy (non-hydrogen) atoms. The molecule has 0 aromatic carbocycles. The Labute approximate surface area is 144 Å². The molecule has 0 saturated heterocycles. The van der Waals surface area contributed by atoms with Crippen LogP contribution in [0.4, 0.5) is 0 Å². The Morgan fingerprint density at radius 3 is 1.39 bits per heavy atom. The molecule has 0 aliphatic heterocycles. The van der Waals surface area contributed by atoms with Crippen LogP contribution in [-0.2, 0) is 4.79 Å². The number of carbonyl (C=O) groups excluding carboxylic acids is 1. The van der Waals surface area contributed by atoms with Crippen LogP contribution >= 0.6 is 0 Å². The maximum atomic E-state index is 11.2. The van der Waals surface area contributed by atoms with Gasteiger partial charge in [0.2, 0.25) is 5.91 Å². The van der Waals surface area contributed by atoms with Crippen LogP contribution in [0.25, 0.3) is 0 Å². The predicted octanol–water partition coefficient (Wildman–Crippen LogP) is 5.20. The molecular formula is C20H41NO2. The molecule has 2 unspecified atom stereocenters. The Bertz CT molecular complexity index is 277. The minimum absolute atomic E-state index is 0.367. The minimum atomic E-state index is -0.618. The average Bonchev–Trinajstić information content (AvgIpc) is 2.46. The van der Waals surface area contributed by atoms with E-state index in [4.69, 9.17) is 5.73 Å². The maximum absolute atomic E-state index is 11.2. The van der Waals surface area contributed by atoms with E-state index in [1.807, 2.05) is 0 Å². The molecular weight excluding hydrogens is 286 g/mol. The third-order valence-corrected chi connectivity index (χ3v) is 4.74. The Hall–Kier alpha value is -0.570. The number of unbranched alkanes of at least 4 members (excludes halogenated alkanes) is 10. The zero-order chi connectivity index (χ0) is 17.5. The first-order valence-electron chi connectivity index (χ1n) is 9.92. The van der Waals surface area contributed by atoms with Crippen LogP contribution in [-0.4, -0.2) is 17.1 Å². The van der Waals surface area contributed by atoms with Crippen molar-refractivity contribution in [3.05, 3.63) is 0 Å². The topological polar surface area (TPSA) is 63.3 Å². The lowest BCUT2D eigenvalue weighted by Gasteiger charge is -2.15. The summed E-state index contributed by atoms with van der Waals surface area (Å²) in [5.74, 6) is 0.118. The van der Waals surface area contributed by atoms with Crippen LogP contribution in [0.3, 0.4) is 0 Å². The van der Waals surface area contributed by atoms with Gasteiger partial charge in [-0.3, -0.25) is 4.79 Å². The molecule has 3 nitrogen and oxygen atoms in total. The summed E-state index contributed by atoms with van der Waals surface area (Å²) < 4.78 is 0. The number of aliphatic hydroxyl groups excluding tert-OH is 1.